The summed E-state index contributed by atoms with van der Waals surface area (Å²) >= 11 is 0. The molecule has 0 bridgehead atoms. The van der Waals surface area contributed by atoms with Crippen molar-refractivity contribution in [2.45, 2.75) is 13.1 Å². The number of rotatable bonds is 5. The summed E-state index contributed by atoms with van der Waals surface area (Å²) in [5.74, 6) is 1.67. The third-order valence-electron chi connectivity index (χ3n) is 4.72. The second kappa shape index (κ2) is 6.90. The van der Waals surface area contributed by atoms with Crippen LogP contribution in [-0.2, 0) is 13.1 Å². The monoisotopic (exact) mass is 392 g/mol. The third kappa shape index (κ3) is 3.25. The van der Waals surface area contributed by atoms with Crippen molar-refractivity contribution in [3.8, 4) is 11.5 Å². The first kappa shape index (κ1) is 17.2. The highest BCUT2D eigenvalue weighted by Gasteiger charge is 2.22. The van der Waals surface area contributed by atoms with Gasteiger partial charge in [0.1, 0.15) is 5.76 Å². The fourth-order valence-electron chi connectivity index (χ4n) is 3.31. The molecular weight excluding hydrogens is 376 g/mol. The number of furan rings is 2. The zero-order chi connectivity index (χ0) is 19.8. The van der Waals surface area contributed by atoms with Crippen molar-refractivity contribution in [3.63, 3.8) is 0 Å². The molecule has 3 aromatic heterocycles. The van der Waals surface area contributed by atoms with Crippen molar-refractivity contribution >= 4 is 16.8 Å². The Morgan fingerprint density at radius 2 is 1.79 bits per heavy atom. The standard InChI is InChI=1S/C21H16N2O6/c24-20-14(7-13-8-18-19(29-12-28-18)9-16(13)22-20)10-23(11-15-3-1-5-26-15)21(25)17-4-2-6-27-17/h1-9H,10-12H2,(H,22,24). The van der Waals surface area contributed by atoms with E-state index >= 15 is 0 Å². The highest BCUT2D eigenvalue weighted by atomic mass is 16.7. The molecule has 4 aromatic rings. The van der Waals surface area contributed by atoms with Crippen LogP contribution >= 0.6 is 0 Å². The number of amides is 1. The zero-order valence-corrected chi connectivity index (χ0v) is 15.2. The fraction of sp³-hybridized carbons (Fsp3) is 0.143. The van der Waals surface area contributed by atoms with Gasteiger partial charge in [-0.25, -0.2) is 0 Å². The molecule has 0 fully saturated rings. The number of hydrogen-bond acceptors (Lipinski definition) is 6. The van der Waals surface area contributed by atoms with E-state index in [-0.39, 0.29) is 37.1 Å². The molecule has 1 aliphatic rings. The Morgan fingerprint density at radius 3 is 2.55 bits per heavy atom. The number of fused-ring (bicyclic) bond motifs is 2. The van der Waals surface area contributed by atoms with Crippen LogP contribution in [0.5, 0.6) is 11.5 Å². The molecule has 8 heteroatoms. The van der Waals surface area contributed by atoms with Crippen LogP contribution in [0.4, 0.5) is 0 Å². The number of nitrogens with zero attached hydrogens (tertiary/aromatic N) is 1. The maximum atomic E-state index is 12.9. The van der Waals surface area contributed by atoms with Gasteiger partial charge in [-0.3, -0.25) is 9.59 Å². The van der Waals surface area contributed by atoms with Crippen LogP contribution in [0.3, 0.4) is 0 Å². The largest absolute Gasteiger partial charge is 0.467 e. The van der Waals surface area contributed by atoms with Crippen molar-refractivity contribution < 1.29 is 23.1 Å². The Morgan fingerprint density at radius 1 is 1.00 bits per heavy atom. The summed E-state index contributed by atoms with van der Waals surface area (Å²) in [6.45, 7) is 0.433. The van der Waals surface area contributed by atoms with Crippen LogP contribution in [0.15, 0.2) is 68.6 Å². The van der Waals surface area contributed by atoms with Crippen LogP contribution in [0, 0.1) is 0 Å². The number of carbonyl (C=O) groups is 1. The lowest BCUT2D eigenvalue weighted by atomic mass is 10.1. The Balaban J connectivity index is 1.51. The molecule has 4 heterocycles. The maximum Gasteiger partial charge on any atom is 0.290 e. The predicted octanol–water partition coefficient (Wildman–Crippen LogP) is 3.29. The molecule has 0 spiro atoms. The van der Waals surface area contributed by atoms with Gasteiger partial charge in [0.15, 0.2) is 17.3 Å². The number of aromatic nitrogens is 1. The number of pyridine rings is 1. The van der Waals surface area contributed by atoms with E-state index in [9.17, 15) is 9.59 Å². The van der Waals surface area contributed by atoms with Crippen LogP contribution in [0.25, 0.3) is 10.9 Å². The number of benzene rings is 1. The summed E-state index contributed by atoms with van der Waals surface area (Å²) in [5.41, 5.74) is 0.786. The van der Waals surface area contributed by atoms with Crippen LogP contribution in [0.2, 0.25) is 0 Å². The molecular formula is C21H16N2O6. The lowest BCUT2D eigenvalue weighted by molar-refractivity contribution is 0.0684. The Labute approximate surface area is 164 Å². The highest BCUT2D eigenvalue weighted by molar-refractivity contribution is 5.91. The number of nitrogens with one attached hydrogen (secondary N) is 1. The molecule has 146 valence electrons. The maximum absolute atomic E-state index is 12.9. The van der Waals surface area contributed by atoms with Gasteiger partial charge in [-0.1, -0.05) is 0 Å². The van der Waals surface area contributed by atoms with E-state index in [1.807, 2.05) is 6.07 Å². The van der Waals surface area contributed by atoms with E-state index in [4.69, 9.17) is 18.3 Å². The van der Waals surface area contributed by atoms with Crippen molar-refractivity contribution in [3.05, 3.63) is 82.4 Å². The molecule has 1 aliphatic heterocycles. The van der Waals surface area contributed by atoms with Crippen LogP contribution in [0.1, 0.15) is 21.9 Å². The smallest absolute Gasteiger partial charge is 0.290 e. The van der Waals surface area contributed by atoms with Crippen molar-refractivity contribution in [1.29, 1.82) is 0 Å². The molecule has 0 radical (unpaired) electrons. The predicted molar refractivity (Wildman–Crippen MR) is 102 cm³/mol. The molecule has 0 saturated heterocycles. The number of H-pyrrole nitrogens is 1. The molecule has 29 heavy (non-hydrogen) atoms. The summed E-state index contributed by atoms with van der Waals surface area (Å²) in [5, 5.41) is 0.784. The minimum absolute atomic E-state index is 0.0833. The van der Waals surface area contributed by atoms with E-state index < -0.39 is 0 Å². The van der Waals surface area contributed by atoms with Crippen molar-refractivity contribution in [2.75, 3.05) is 6.79 Å². The molecule has 1 amide bonds. The van der Waals surface area contributed by atoms with Crippen LogP contribution in [-0.4, -0.2) is 22.6 Å². The van der Waals surface area contributed by atoms with Crippen molar-refractivity contribution in [1.82, 2.24) is 9.88 Å². The Bertz CT molecular complexity index is 1220. The molecule has 0 aliphatic carbocycles. The Kier molecular flexibility index (Phi) is 4.09. The van der Waals surface area contributed by atoms with Gasteiger partial charge in [-0.05, 0) is 36.4 Å². The highest BCUT2D eigenvalue weighted by Crippen LogP contribution is 2.35. The number of aromatic amines is 1. The van der Waals surface area contributed by atoms with Gasteiger partial charge in [0.25, 0.3) is 11.5 Å². The van der Waals surface area contributed by atoms with E-state index in [0.717, 1.165) is 5.39 Å². The number of carbonyl (C=O) groups excluding carboxylic acids is 1. The van der Waals surface area contributed by atoms with Crippen molar-refractivity contribution in [2.24, 2.45) is 0 Å². The fourth-order valence-corrected chi connectivity index (χ4v) is 3.31. The van der Waals surface area contributed by atoms with Gasteiger partial charge in [-0.15, -0.1) is 0 Å². The summed E-state index contributed by atoms with van der Waals surface area (Å²) in [6.07, 6.45) is 2.97. The zero-order valence-electron chi connectivity index (χ0n) is 15.2. The molecule has 1 N–H and O–H groups in total. The topological polar surface area (TPSA) is 97.9 Å². The summed E-state index contributed by atoms with van der Waals surface area (Å²) in [4.78, 5) is 29.9. The second-order valence-corrected chi connectivity index (χ2v) is 6.63. The van der Waals surface area contributed by atoms with Gasteiger partial charge in [0.05, 0.1) is 31.1 Å². The first-order valence-corrected chi connectivity index (χ1v) is 8.98. The van der Waals surface area contributed by atoms with E-state index in [0.29, 0.717) is 28.3 Å². The number of hydrogen-bond donors (Lipinski definition) is 1. The summed E-state index contributed by atoms with van der Waals surface area (Å²) in [7, 11) is 0. The van der Waals surface area contributed by atoms with Gasteiger partial charge >= 0.3 is 0 Å². The summed E-state index contributed by atoms with van der Waals surface area (Å²) in [6, 6.07) is 12.0. The lowest BCUT2D eigenvalue weighted by Crippen LogP contribution is -2.32. The SMILES string of the molecule is O=C(c1ccco1)N(Cc1ccco1)Cc1cc2cc3c(cc2[nH]c1=O)OCO3. The quantitative estimate of drug-likeness (QED) is 0.560. The summed E-state index contributed by atoms with van der Waals surface area (Å²) < 4.78 is 21.4. The van der Waals surface area contributed by atoms with E-state index in [1.54, 1.807) is 36.4 Å². The second-order valence-electron chi connectivity index (χ2n) is 6.63. The average molecular weight is 392 g/mol. The normalized spacial score (nSPS) is 12.4. The molecule has 0 atom stereocenters. The van der Waals surface area contributed by atoms with Gasteiger partial charge < -0.3 is 28.2 Å². The van der Waals surface area contributed by atoms with Gasteiger partial charge in [0, 0.05) is 17.0 Å². The third-order valence-corrected chi connectivity index (χ3v) is 4.72. The number of ether oxygens (including phenoxy) is 2. The molecule has 1 aromatic carbocycles. The van der Waals surface area contributed by atoms with Crippen LogP contribution < -0.4 is 15.0 Å². The molecule has 8 nitrogen and oxygen atoms in total. The van der Waals surface area contributed by atoms with E-state index in [2.05, 4.69) is 4.98 Å². The van der Waals surface area contributed by atoms with Gasteiger partial charge in [0.2, 0.25) is 6.79 Å². The van der Waals surface area contributed by atoms with Gasteiger partial charge in [-0.2, -0.15) is 0 Å². The van der Waals surface area contributed by atoms with E-state index in [1.165, 1.54) is 17.4 Å². The first-order valence-electron chi connectivity index (χ1n) is 8.98. The minimum Gasteiger partial charge on any atom is -0.467 e. The minimum atomic E-state index is -0.336. The molecule has 0 unspecified atom stereocenters. The molecule has 0 saturated carbocycles. The lowest BCUT2D eigenvalue weighted by Gasteiger charge is -2.20. The Hall–Kier alpha value is -3.94. The molecule has 5 rings (SSSR count). The average Bonchev–Trinajstić information content (AvgIpc) is 3.48. The first-order chi connectivity index (χ1) is 14.2.